The molecule has 0 aliphatic rings. The summed E-state index contributed by atoms with van der Waals surface area (Å²) in [4.78, 5) is 4.25. The normalized spacial score (nSPS) is 12.0. The molecule has 0 amide bonds. The van der Waals surface area contributed by atoms with E-state index >= 15 is 0 Å². The fourth-order valence-electron chi connectivity index (χ4n) is 2.52. The topological polar surface area (TPSA) is 50.3 Å². The highest BCUT2D eigenvalue weighted by Gasteiger charge is 2.16. The summed E-state index contributed by atoms with van der Waals surface area (Å²) in [6, 6.07) is 11.2. The number of fused-ring (bicyclic) bond motifs is 1. The highest BCUT2D eigenvalue weighted by atomic mass is 35.5. The number of imidazole rings is 1. The van der Waals surface area contributed by atoms with Crippen LogP contribution in [0, 0.1) is 11.3 Å². The second-order valence-electron chi connectivity index (χ2n) is 5.30. The molecule has 4 nitrogen and oxygen atoms in total. The van der Waals surface area contributed by atoms with E-state index in [1.807, 2.05) is 28.9 Å². The molecule has 3 aromatic rings. The van der Waals surface area contributed by atoms with Crippen molar-refractivity contribution < 1.29 is 4.74 Å². The van der Waals surface area contributed by atoms with Gasteiger partial charge >= 0.3 is 0 Å². The van der Waals surface area contributed by atoms with Crippen molar-refractivity contribution >= 4 is 17.2 Å². The van der Waals surface area contributed by atoms with Crippen LogP contribution >= 0.6 is 11.6 Å². The van der Waals surface area contributed by atoms with Gasteiger partial charge in [0.25, 0.3) is 0 Å². The van der Waals surface area contributed by atoms with Gasteiger partial charge in [0.05, 0.1) is 5.56 Å². The van der Waals surface area contributed by atoms with Crippen LogP contribution in [0.15, 0.2) is 48.9 Å². The first-order valence-electron chi connectivity index (χ1n) is 7.50. The number of hydrogen-bond acceptors (Lipinski definition) is 3. The molecule has 116 valence electrons. The number of nitriles is 1. The van der Waals surface area contributed by atoms with Crippen molar-refractivity contribution in [3.63, 3.8) is 0 Å². The predicted molar refractivity (Wildman–Crippen MR) is 89.6 cm³/mol. The van der Waals surface area contributed by atoms with Crippen LogP contribution in [-0.2, 0) is 0 Å². The van der Waals surface area contributed by atoms with Gasteiger partial charge in [0, 0.05) is 35.2 Å². The second-order valence-corrected chi connectivity index (χ2v) is 5.74. The van der Waals surface area contributed by atoms with Crippen LogP contribution in [0.25, 0.3) is 5.65 Å². The van der Waals surface area contributed by atoms with Gasteiger partial charge in [0.1, 0.15) is 23.6 Å². The summed E-state index contributed by atoms with van der Waals surface area (Å²) in [5.74, 6) is 0.518. The monoisotopic (exact) mass is 325 g/mol. The van der Waals surface area contributed by atoms with E-state index in [2.05, 4.69) is 18.0 Å². The standard InChI is InChI=1S/C18H16ClN3O/c1-2-3-16(14-5-7-18-21-8-9-22(18)12-14)23-17-10-15(19)6-4-13(17)11-20/h4-10,12,16H,2-3H2,1H3. The minimum absolute atomic E-state index is 0.141. The van der Waals surface area contributed by atoms with Gasteiger partial charge in [0.2, 0.25) is 0 Å². The summed E-state index contributed by atoms with van der Waals surface area (Å²) >= 11 is 6.04. The molecule has 0 saturated heterocycles. The van der Waals surface area contributed by atoms with Crippen molar-refractivity contribution in [1.29, 1.82) is 5.26 Å². The number of aromatic nitrogens is 2. The average molecular weight is 326 g/mol. The van der Waals surface area contributed by atoms with E-state index in [1.54, 1.807) is 24.4 Å². The van der Waals surface area contributed by atoms with E-state index in [0.29, 0.717) is 16.3 Å². The molecule has 5 heteroatoms. The summed E-state index contributed by atoms with van der Waals surface area (Å²) in [5, 5.41) is 9.81. The van der Waals surface area contributed by atoms with Gasteiger partial charge in [-0.3, -0.25) is 0 Å². The number of benzene rings is 1. The molecule has 2 aromatic heterocycles. The molecular formula is C18H16ClN3O. The lowest BCUT2D eigenvalue weighted by Gasteiger charge is -2.20. The lowest BCUT2D eigenvalue weighted by atomic mass is 10.1. The summed E-state index contributed by atoms with van der Waals surface area (Å²) < 4.78 is 8.09. The van der Waals surface area contributed by atoms with Crippen LogP contribution in [0.1, 0.15) is 37.0 Å². The summed E-state index contributed by atoms with van der Waals surface area (Å²) in [7, 11) is 0. The molecule has 0 aliphatic carbocycles. The Morgan fingerprint density at radius 3 is 3.00 bits per heavy atom. The van der Waals surface area contributed by atoms with Crippen molar-refractivity contribution in [2.75, 3.05) is 0 Å². The van der Waals surface area contributed by atoms with E-state index in [0.717, 1.165) is 24.1 Å². The molecule has 0 saturated carbocycles. The van der Waals surface area contributed by atoms with Crippen LogP contribution in [-0.4, -0.2) is 9.38 Å². The molecule has 3 rings (SSSR count). The number of nitrogens with zero attached hydrogens (tertiary/aromatic N) is 3. The van der Waals surface area contributed by atoms with Crippen molar-refractivity contribution in [2.45, 2.75) is 25.9 Å². The molecule has 1 atom stereocenters. The molecule has 0 N–H and O–H groups in total. The Labute approximate surface area is 139 Å². The molecule has 1 unspecified atom stereocenters. The SMILES string of the molecule is CCCC(Oc1cc(Cl)ccc1C#N)c1ccc2nccn2c1. The van der Waals surface area contributed by atoms with E-state index < -0.39 is 0 Å². The first-order chi connectivity index (χ1) is 11.2. The van der Waals surface area contributed by atoms with E-state index in [1.165, 1.54) is 0 Å². The third-order valence-electron chi connectivity index (χ3n) is 3.67. The number of ether oxygens (including phenoxy) is 1. The molecule has 1 aromatic carbocycles. The van der Waals surface area contributed by atoms with Crippen LogP contribution in [0.5, 0.6) is 5.75 Å². The molecule has 0 spiro atoms. The third kappa shape index (κ3) is 3.30. The second kappa shape index (κ2) is 6.72. The Morgan fingerprint density at radius 1 is 1.35 bits per heavy atom. The maximum atomic E-state index is 9.25. The zero-order chi connectivity index (χ0) is 16.2. The van der Waals surface area contributed by atoms with Gasteiger partial charge < -0.3 is 9.14 Å². The zero-order valence-corrected chi connectivity index (χ0v) is 13.5. The Morgan fingerprint density at radius 2 is 2.22 bits per heavy atom. The van der Waals surface area contributed by atoms with Crippen molar-refractivity contribution in [3.8, 4) is 11.8 Å². The van der Waals surface area contributed by atoms with Gasteiger partial charge in [-0.1, -0.05) is 31.0 Å². The quantitative estimate of drug-likeness (QED) is 0.678. The number of halogens is 1. The fraction of sp³-hybridized carbons (Fsp3) is 0.222. The van der Waals surface area contributed by atoms with Crippen LogP contribution < -0.4 is 4.74 Å². The zero-order valence-electron chi connectivity index (χ0n) is 12.7. The van der Waals surface area contributed by atoms with E-state index in [4.69, 9.17) is 16.3 Å². The maximum Gasteiger partial charge on any atom is 0.139 e. The smallest absolute Gasteiger partial charge is 0.139 e. The lowest BCUT2D eigenvalue weighted by molar-refractivity contribution is 0.193. The maximum absolute atomic E-state index is 9.25. The van der Waals surface area contributed by atoms with Gasteiger partial charge in [0.15, 0.2) is 0 Å². The van der Waals surface area contributed by atoms with E-state index in [9.17, 15) is 5.26 Å². The third-order valence-corrected chi connectivity index (χ3v) is 3.90. The van der Waals surface area contributed by atoms with Crippen LogP contribution in [0.2, 0.25) is 5.02 Å². The van der Waals surface area contributed by atoms with Crippen molar-refractivity contribution in [1.82, 2.24) is 9.38 Å². The lowest BCUT2D eigenvalue weighted by Crippen LogP contribution is -2.09. The average Bonchev–Trinajstić information content (AvgIpc) is 3.02. The number of pyridine rings is 1. The fourth-order valence-corrected chi connectivity index (χ4v) is 2.68. The summed E-state index contributed by atoms with van der Waals surface area (Å²) in [6.45, 7) is 2.11. The highest BCUT2D eigenvalue weighted by Crippen LogP contribution is 2.30. The predicted octanol–water partition coefficient (Wildman–Crippen LogP) is 4.78. The first-order valence-corrected chi connectivity index (χ1v) is 7.88. The molecule has 0 radical (unpaired) electrons. The molecule has 0 bridgehead atoms. The van der Waals surface area contributed by atoms with Gasteiger partial charge in [-0.05, 0) is 24.6 Å². The molecular weight excluding hydrogens is 310 g/mol. The van der Waals surface area contributed by atoms with Crippen LogP contribution in [0.3, 0.4) is 0 Å². The summed E-state index contributed by atoms with van der Waals surface area (Å²) in [6.07, 6.45) is 7.35. The van der Waals surface area contributed by atoms with Gasteiger partial charge in [-0.15, -0.1) is 0 Å². The first kappa shape index (κ1) is 15.4. The Hall–Kier alpha value is -2.51. The largest absolute Gasteiger partial charge is 0.484 e. The van der Waals surface area contributed by atoms with Crippen LogP contribution in [0.4, 0.5) is 0 Å². The molecule has 2 heterocycles. The minimum atomic E-state index is -0.141. The molecule has 0 aliphatic heterocycles. The van der Waals surface area contributed by atoms with Crippen molar-refractivity contribution in [3.05, 3.63) is 65.1 Å². The van der Waals surface area contributed by atoms with Gasteiger partial charge in [-0.2, -0.15) is 5.26 Å². The summed E-state index contributed by atoms with van der Waals surface area (Å²) in [5.41, 5.74) is 2.42. The Balaban J connectivity index is 1.95. The Bertz CT molecular complexity index is 866. The number of rotatable bonds is 5. The molecule has 0 fully saturated rings. The minimum Gasteiger partial charge on any atom is -0.484 e. The number of hydrogen-bond donors (Lipinski definition) is 0. The van der Waals surface area contributed by atoms with Gasteiger partial charge in [-0.25, -0.2) is 4.98 Å². The molecule has 23 heavy (non-hydrogen) atoms. The Kier molecular flexibility index (Phi) is 4.50. The highest BCUT2D eigenvalue weighted by molar-refractivity contribution is 6.30. The van der Waals surface area contributed by atoms with E-state index in [-0.39, 0.29) is 6.10 Å². The van der Waals surface area contributed by atoms with Crippen molar-refractivity contribution in [2.24, 2.45) is 0 Å².